The van der Waals surface area contributed by atoms with Crippen molar-refractivity contribution in [3.8, 4) is 0 Å². The summed E-state index contributed by atoms with van der Waals surface area (Å²) in [4.78, 5) is 41.1. The fraction of sp³-hybridized carbons (Fsp3) is 0.133. The van der Waals surface area contributed by atoms with Crippen LogP contribution >= 0.6 is 0 Å². The van der Waals surface area contributed by atoms with Crippen molar-refractivity contribution in [3.05, 3.63) is 59.9 Å². The molecule has 8 heteroatoms. The van der Waals surface area contributed by atoms with Crippen molar-refractivity contribution in [2.45, 2.75) is 13.0 Å². The Morgan fingerprint density at radius 3 is 2.48 bits per heavy atom. The quantitative estimate of drug-likeness (QED) is 0.608. The summed E-state index contributed by atoms with van der Waals surface area (Å²) in [6.45, 7) is 4.10. The number of hydrogen-bond donors (Lipinski definition) is 0. The highest BCUT2D eigenvalue weighted by Crippen LogP contribution is 2.23. The van der Waals surface area contributed by atoms with Gasteiger partial charge in [-0.1, -0.05) is 28.5 Å². The summed E-state index contributed by atoms with van der Waals surface area (Å²) in [7, 11) is 0. The number of imide groups is 1. The van der Waals surface area contributed by atoms with E-state index in [1.165, 1.54) is 23.0 Å². The number of aryl methyl sites for hydroxylation is 1. The minimum absolute atomic E-state index is 0.0920. The molecular weight excluding hydrogens is 300 g/mol. The van der Waals surface area contributed by atoms with E-state index >= 15 is 0 Å². The van der Waals surface area contributed by atoms with Crippen molar-refractivity contribution >= 4 is 17.8 Å². The molecule has 23 heavy (non-hydrogen) atoms. The third kappa shape index (κ3) is 2.61. The van der Waals surface area contributed by atoms with Gasteiger partial charge in [0.15, 0.2) is 5.69 Å². The lowest BCUT2D eigenvalue weighted by atomic mass is 10.1. The number of carbonyl (C=O) groups excluding carboxylic acids is 3. The maximum atomic E-state index is 12.1. The van der Waals surface area contributed by atoms with Crippen LogP contribution in [0.2, 0.25) is 0 Å². The highest BCUT2D eigenvalue weighted by Gasteiger charge is 2.39. The molecule has 0 N–H and O–H groups in total. The number of carbonyl (C=O) groups is 3. The van der Waals surface area contributed by atoms with Gasteiger partial charge in [0.1, 0.15) is 0 Å². The molecule has 0 saturated carbocycles. The first kappa shape index (κ1) is 14.6. The fourth-order valence-corrected chi connectivity index (χ4v) is 2.10. The molecule has 1 aromatic carbocycles. The summed E-state index contributed by atoms with van der Waals surface area (Å²) in [5.41, 5.74) is 0.297. The standard InChI is InChI=1S/C15H12N4O4/c1-2-3-8-18-9-12(16-17-18)15(22)23-19-13(20)10-6-4-5-7-11(10)14(19)21/h2,4-7,9H,1,3,8H2. The van der Waals surface area contributed by atoms with Gasteiger partial charge in [-0.05, 0) is 18.6 Å². The lowest BCUT2D eigenvalue weighted by Gasteiger charge is -2.11. The number of fused-ring (bicyclic) bond motifs is 1. The number of benzene rings is 1. The van der Waals surface area contributed by atoms with Crippen LogP contribution < -0.4 is 0 Å². The number of hydrogen-bond acceptors (Lipinski definition) is 6. The van der Waals surface area contributed by atoms with Crippen LogP contribution in [0.3, 0.4) is 0 Å². The molecule has 3 rings (SSSR count). The van der Waals surface area contributed by atoms with Gasteiger partial charge in [0, 0.05) is 6.54 Å². The number of hydroxylamine groups is 2. The van der Waals surface area contributed by atoms with E-state index in [-0.39, 0.29) is 16.8 Å². The molecule has 116 valence electrons. The average molecular weight is 312 g/mol. The van der Waals surface area contributed by atoms with E-state index in [0.717, 1.165) is 0 Å². The van der Waals surface area contributed by atoms with E-state index < -0.39 is 17.8 Å². The summed E-state index contributed by atoms with van der Waals surface area (Å²) < 4.78 is 1.45. The van der Waals surface area contributed by atoms with E-state index in [1.54, 1.807) is 18.2 Å². The largest absolute Gasteiger partial charge is 0.385 e. The first-order chi connectivity index (χ1) is 11.1. The number of allylic oxidation sites excluding steroid dienone is 1. The zero-order chi connectivity index (χ0) is 16.4. The van der Waals surface area contributed by atoms with Crippen molar-refractivity contribution in [1.82, 2.24) is 20.1 Å². The Morgan fingerprint density at radius 1 is 1.22 bits per heavy atom. The Kier molecular flexibility index (Phi) is 3.71. The Morgan fingerprint density at radius 2 is 1.87 bits per heavy atom. The molecule has 0 atom stereocenters. The lowest BCUT2D eigenvalue weighted by Crippen LogP contribution is -2.32. The monoisotopic (exact) mass is 312 g/mol. The van der Waals surface area contributed by atoms with Gasteiger partial charge >= 0.3 is 5.97 Å². The second-order valence-electron chi connectivity index (χ2n) is 4.77. The van der Waals surface area contributed by atoms with Crippen LogP contribution in [0.25, 0.3) is 0 Å². The SMILES string of the molecule is C=CCCn1cc(C(=O)ON2C(=O)c3ccccc3C2=O)nn1. The number of nitrogens with zero attached hydrogens (tertiary/aromatic N) is 4. The van der Waals surface area contributed by atoms with Crippen LogP contribution in [-0.4, -0.2) is 37.8 Å². The normalized spacial score (nSPS) is 13.1. The molecule has 0 aliphatic carbocycles. The van der Waals surface area contributed by atoms with Crippen molar-refractivity contribution in [1.29, 1.82) is 0 Å². The Labute approximate surface area is 130 Å². The van der Waals surface area contributed by atoms with Crippen molar-refractivity contribution in [3.63, 3.8) is 0 Å². The molecule has 1 aliphatic rings. The summed E-state index contributed by atoms with van der Waals surface area (Å²) >= 11 is 0. The second kappa shape index (κ2) is 5.84. The van der Waals surface area contributed by atoms with Gasteiger partial charge < -0.3 is 4.84 Å². The van der Waals surface area contributed by atoms with E-state index in [9.17, 15) is 14.4 Å². The smallest absolute Gasteiger partial charge is 0.322 e. The van der Waals surface area contributed by atoms with E-state index in [0.29, 0.717) is 18.0 Å². The molecule has 8 nitrogen and oxygen atoms in total. The summed E-state index contributed by atoms with van der Waals surface area (Å²) in [5.74, 6) is -2.29. The van der Waals surface area contributed by atoms with Crippen LogP contribution in [0.4, 0.5) is 0 Å². The highest BCUT2D eigenvalue weighted by atomic mass is 16.7. The Hall–Kier alpha value is -3.29. The molecule has 0 spiro atoms. The fourth-order valence-electron chi connectivity index (χ4n) is 2.10. The average Bonchev–Trinajstić information content (AvgIpc) is 3.13. The first-order valence-electron chi connectivity index (χ1n) is 6.83. The van der Waals surface area contributed by atoms with Crippen molar-refractivity contribution < 1.29 is 19.2 Å². The third-order valence-electron chi connectivity index (χ3n) is 3.24. The van der Waals surface area contributed by atoms with Gasteiger partial charge in [0.25, 0.3) is 11.8 Å². The van der Waals surface area contributed by atoms with Crippen LogP contribution in [0.15, 0.2) is 43.1 Å². The third-order valence-corrected chi connectivity index (χ3v) is 3.24. The maximum absolute atomic E-state index is 12.1. The first-order valence-corrected chi connectivity index (χ1v) is 6.83. The molecule has 0 fully saturated rings. The molecule has 0 saturated heterocycles. The summed E-state index contributed by atoms with van der Waals surface area (Å²) in [6.07, 6.45) is 3.75. The van der Waals surface area contributed by atoms with Crippen molar-refractivity contribution in [2.24, 2.45) is 0 Å². The molecule has 0 unspecified atom stereocenters. The zero-order valence-electron chi connectivity index (χ0n) is 12.0. The van der Waals surface area contributed by atoms with E-state index in [2.05, 4.69) is 16.9 Å². The topological polar surface area (TPSA) is 94.4 Å². The Bertz CT molecular complexity index is 776. The van der Waals surface area contributed by atoms with E-state index in [1.807, 2.05) is 0 Å². The zero-order valence-corrected chi connectivity index (χ0v) is 12.0. The number of aromatic nitrogens is 3. The molecule has 2 aromatic rings. The summed E-state index contributed by atoms with van der Waals surface area (Å²) in [5, 5.41) is 7.86. The Balaban J connectivity index is 1.74. The minimum atomic E-state index is -0.927. The van der Waals surface area contributed by atoms with Gasteiger partial charge in [-0.2, -0.15) is 0 Å². The van der Waals surface area contributed by atoms with Gasteiger partial charge in [-0.3, -0.25) is 14.3 Å². The van der Waals surface area contributed by atoms with Crippen LogP contribution in [0.5, 0.6) is 0 Å². The lowest BCUT2D eigenvalue weighted by molar-refractivity contribution is -0.0588. The molecule has 1 aromatic heterocycles. The highest BCUT2D eigenvalue weighted by molar-refractivity contribution is 6.21. The number of amides is 2. The van der Waals surface area contributed by atoms with Crippen LogP contribution in [0, 0.1) is 0 Å². The van der Waals surface area contributed by atoms with Gasteiger partial charge in [0.05, 0.1) is 17.3 Å². The molecule has 1 aliphatic heterocycles. The minimum Gasteiger partial charge on any atom is -0.322 e. The predicted octanol–water partition coefficient (Wildman–Crippen LogP) is 1.22. The van der Waals surface area contributed by atoms with Gasteiger partial charge in [0.2, 0.25) is 0 Å². The predicted molar refractivity (Wildman–Crippen MR) is 77.2 cm³/mol. The molecular formula is C15H12N4O4. The molecule has 2 heterocycles. The molecule has 2 amide bonds. The molecule has 0 bridgehead atoms. The second-order valence-corrected chi connectivity index (χ2v) is 4.77. The number of rotatable bonds is 5. The van der Waals surface area contributed by atoms with Crippen molar-refractivity contribution in [2.75, 3.05) is 0 Å². The molecule has 0 radical (unpaired) electrons. The van der Waals surface area contributed by atoms with Gasteiger partial charge in [-0.15, -0.1) is 11.7 Å². The maximum Gasteiger partial charge on any atom is 0.385 e. The summed E-state index contributed by atoms with van der Waals surface area (Å²) in [6, 6.07) is 6.24. The van der Waals surface area contributed by atoms with Crippen LogP contribution in [0.1, 0.15) is 37.6 Å². The van der Waals surface area contributed by atoms with E-state index in [4.69, 9.17) is 4.84 Å². The van der Waals surface area contributed by atoms with Crippen LogP contribution in [-0.2, 0) is 11.4 Å². The van der Waals surface area contributed by atoms with Gasteiger partial charge in [-0.25, -0.2) is 4.79 Å².